The maximum atomic E-state index is 5.09. The predicted octanol–water partition coefficient (Wildman–Crippen LogP) is 32.3. The van der Waals surface area contributed by atoms with E-state index in [9.17, 15) is 0 Å². The molecule has 592 valence electrons. The monoisotopic (exact) mass is 1810 g/mol. The van der Waals surface area contributed by atoms with E-state index in [-0.39, 0.29) is 0 Å². The lowest BCUT2D eigenvalue weighted by molar-refractivity contribution is 0.667. The van der Waals surface area contributed by atoms with Crippen LogP contribution in [0.25, 0.3) is 104 Å². The molecule has 0 radical (unpaired) electrons. The highest BCUT2D eigenvalue weighted by Crippen LogP contribution is 2.50. The topological polar surface area (TPSA) is 129 Å². The molecule has 0 aromatic carbocycles. The second-order valence-corrected chi connectivity index (χ2v) is 41.1. The molecule has 0 spiro atoms. The van der Waals surface area contributed by atoms with Gasteiger partial charge in [-0.05, 0) is 250 Å². The predicted molar refractivity (Wildman–Crippen MR) is 506 cm³/mol. The number of hydrogen-bond acceptors (Lipinski definition) is 20. The number of unbranched alkanes of at least 4 members (excludes halogenated alkanes) is 15. The van der Waals surface area contributed by atoms with Gasteiger partial charge in [-0.15, -0.1) is 113 Å². The number of halogens is 2. The van der Waals surface area contributed by atoms with Crippen LogP contribution in [-0.2, 0) is 32.1 Å². The summed E-state index contributed by atoms with van der Waals surface area (Å²) in [5.41, 5.74) is 28.0. The maximum Gasteiger partial charge on any atom is 0.115 e. The summed E-state index contributed by atoms with van der Waals surface area (Å²) < 4.78 is 2.06. The third-order valence-corrected chi connectivity index (χ3v) is 32.6. The first-order valence-corrected chi connectivity index (χ1v) is 50.5. The Kier molecular flexibility index (Phi) is 33.8. The van der Waals surface area contributed by atoms with E-state index in [1.165, 1.54) is 224 Å². The van der Waals surface area contributed by atoms with E-state index in [4.69, 9.17) is 24.9 Å². The first-order chi connectivity index (χ1) is 54.3. The summed E-state index contributed by atoms with van der Waals surface area (Å²) in [6, 6.07) is 11.8. The van der Waals surface area contributed by atoms with Gasteiger partial charge in [0, 0.05) is 40.5 Å². The molecular weight excluding hydrogens is 1700 g/mol. The molecule has 0 saturated carbocycles. The van der Waals surface area contributed by atoms with E-state index in [0.29, 0.717) is 0 Å². The molecule has 15 rings (SSSR count). The summed E-state index contributed by atoms with van der Waals surface area (Å²) >= 11 is 25.1. The van der Waals surface area contributed by atoms with Gasteiger partial charge < -0.3 is 0 Å². The van der Waals surface area contributed by atoms with Gasteiger partial charge in [-0.1, -0.05) is 131 Å². The molecule has 0 fully saturated rings. The second-order valence-electron chi connectivity index (χ2n) is 29.2. The van der Waals surface area contributed by atoms with Gasteiger partial charge in [-0.2, -0.15) is 0 Å². The van der Waals surface area contributed by atoms with Gasteiger partial charge in [0.15, 0.2) is 0 Å². The molecule has 0 bridgehead atoms. The zero-order valence-corrected chi connectivity index (χ0v) is 79.3. The Bertz CT molecular complexity index is 5260. The number of aryl methyl sites for hydroxylation is 15. The first kappa shape index (κ1) is 87.5. The van der Waals surface area contributed by atoms with Crippen molar-refractivity contribution in [1.82, 2.24) is 49.8 Å². The molecule has 15 heterocycles. The highest BCUT2D eigenvalue weighted by atomic mass is 79.9. The number of aromatic nitrogens is 10. The van der Waals surface area contributed by atoms with Gasteiger partial charge in [0.05, 0.1) is 99.9 Å². The first-order valence-electron chi connectivity index (χ1n) is 40.2. The minimum Gasteiger partial charge on any atom is -0.249 e. The van der Waals surface area contributed by atoms with Crippen molar-refractivity contribution >= 4 is 200 Å². The smallest absolute Gasteiger partial charge is 0.115 e. The van der Waals surface area contributed by atoms with Gasteiger partial charge in [-0.3, -0.25) is 0 Å². The van der Waals surface area contributed by atoms with Crippen LogP contribution in [0.2, 0.25) is 0 Å². The molecule has 0 amide bonds. The molecule has 10 nitrogen and oxygen atoms in total. The molecule has 0 N–H and O–H groups in total. The highest BCUT2D eigenvalue weighted by molar-refractivity contribution is 9.12. The van der Waals surface area contributed by atoms with Crippen LogP contribution >= 0.6 is 145 Å². The molecule has 0 atom stereocenters. The van der Waals surface area contributed by atoms with E-state index >= 15 is 0 Å². The molecule has 15 aromatic heterocycles. The summed E-state index contributed by atoms with van der Waals surface area (Å²) in [5, 5.41) is 17.7. The molecule has 0 saturated heterocycles. The molecule has 22 heteroatoms. The lowest BCUT2D eigenvalue weighted by Gasteiger charge is -2.04. The van der Waals surface area contributed by atoms with Crippen molar-refractivity contribution < 1.29 is 0 Å². The summed E-state index contributed by atoms with van der Waals surface area (Å²) in [7, 11) is 0. The fourth-order valence-corrected chi connectivity index (χ4v) is 25.5. The van der Waals surface area contributed by atoms with E-state index in [1.807, 2.05) is 132 Å². The van der Waals surface area contributed by atoms with Crippen LogP contribution < -0.4 is 0 Å². The minimum atomic E-state index is 0.944. The van der Waals surface area contributed by atoms with Crippen LogP contribution in [0.5, 0.6) is 0 Å². The summed E-state index contributed by atoms with van der Waals surface area (Å²) in [4.78, 5) is 60.7. The fourth-order valence-electron chi connectivity index (χ4n) is 13.2. The van der Waals surface area contributed by atoms with Crippen molar-refractivity contribution in [2.75, 3.05) is 0 Å². The lowest BCUT2D eigenvalue weighted by atomic mass is 10.1. The normalized spacial score (nSPS) is 11.4. The Morgan fingerprint density at radius 2 is 0.562 bits per heavy atom. The van der Waals surface area contributed by atoms with Gasteiger partial charge in [0.25, 0.3) is 0 Å². The average Bonchev–Trinajstić information content (AvgIpc) is 1.61. The minimum absolute atomic E-state index is 0.944. The quantitative estimate of drug-likeness (QED) is 0.0401. The molecule has 0 aliphatic carbocycles. The Labute approximate surface area is 721 Å². The molecule has 112 heavy (non-hydrogen) atoms. The SMILES string of the molecule is CCCCCCc1ccsc1-c1sc(-c2sccc2CCCCCC)c2nc(C)c(C)nc12.CCCCCCc1csc(-c2sc(-c3cc(CCCCCC)cs3)c3nc(C)c(C)nc23)c1.CCCCCCc1csc(-c2scc3nc(C)c(C)nc23)c1.Cc1nc2c(Br)sc(Br)c2nc1C.Cc1nc2cscc2nc1C. The van der Waals surface area contributed by atoms with E-state index in [0.717, 1.165) is 133 Å². The van der Waals surface area contributed by atoms with Crippen molar-refractivity contribution in [3.63, 3.8) is 0 Å². The summed E-state index contributed by atoms with van der Waals surface area (Å²) in [5.74, 6) is 0. The Balaban J connectivity index is 0.000000146. The number of rotatable bonds is 30. The van der Waals surface area contributed by atoms with E-state index in [1.54, 1.807) is 34.0 Å². The zero-order chi connectivity index (χ0) is 79.4. The van der Waals surface area contributed by atoms with Crippen molar-refractivity contribution in [3.8, 4) is 48.8 Å². The zero-order valence-electron chi connectivity index (χ0n) is 68.0. The van der Waals surface area contributed by atoms with E-state index < -0.39 is 0 Å². The molecule has 15 aromatic rings. The number of hydrogen-bond donors (Lipinski definition) is 0. The molecule has 0 aliphatic rings. The van der Waals surface area contributed by atoms with Gasteiger partial charge in [0.1, 0.15) is 44.1 Å². The second kappa shape index (κ2) is 43.2. The summed E-state index contributed by atoms with van der Waals surface area (Å²) in [6.07, 6.45) is 32.1. The van der Waals surface area contributed by atoms with Crippen molar-refractivity contribution in [2.24, 2.45) is 0 Å². The molecule has 0 unspecified atom stereocenters. The van der Waals surface area contributed by atoms with Crippen LogP contribution in [0.1, 0.15) is 248 Å². The van der Waals surface area contributed by atoms with E-state index in [2.05, 4.69) is 182 Å². The van der Waals surface area contributed by atoms with Crippen LogP contribution in [0, 0.1) is 69.2 Å². The highest BCUT2D eigenvalue weighted by Gasteiger charge is 2.25. The Morgan fingerprint density at radius 3 is 0.929 bits per heavy atom. The largest absolute Gasteiger partial charge is 0.249 e. The van der Waals surface area contributed by atoms with Crippen LogP contribution in [-0.4, -0.2) is 49.8 Å². The lowest BCUT2D eigenvalue weighted by Crippen LogP contribution is -1.93. The van der Waals surface area contributed by atoms with Crippen molar-refractivity contribution in [1.29, 1.82) is 0 Å². The number of fused-ring (bicyclic) bond motifs is 5. The number of nitrogens with zero attached hydrogens (tertiary/aromatic N) is 10. The van der Waals surface area contributed by atoms with Crippen LogP contribution in [0.4, 0.5) is 0 Å². The fraction of sp³-hybridized carbons (Fsp3) is 0.444. The van der Waals surface area contributed by atoms with Crippen molar-refractivity contribution in [3.05, 3.63) is 166 Å². The Morgan fingerprint density at radius 1 is 0.259 bits per heavy atom. The van der Waals surface area contributed by atoms with Gasteiger partial charge >= 0.3 is 0 Å². The standard InChI is InChI=1S/2C28H36N2S3.C18H22N2S2.C8H6Br2N2S.C8H8N2S/c1-5-7-9-11-13-21-15-23(31-17-21)27-25-26(30-20(4)19(3)29-25)28(33-27)24-16-22(18-32-24)14-12-10-8-6-2;1-5-7-9-11-13-21-15-17-31-25(21)27-23-24(30-20(4)19(3)29-23)28(33-27)26-22(16-18-32-26)14-12-10-8-6-2;1-4-5-6-7-8-14-9-16(21-10-14)18-17-15(11-22-18)19-12(2)13(3)20-17;1-3-4(2)12-6-5(11-3)7(9)13-8(6)10;1-5-6(2)10-8-4-11-3-7(8)9-5/h2*15-18H,5-14H2,1-4H3;9-11H,4-8H2,1-3H3;1-2H3;3-4H,1-2H3. The third-order valence-electron chi connectivity index (χ3n) is 20.4. The molecular formula is C90H108Br2N10S10. The number of thiophene rings is 10. The third kappa shape index (κ3) is 22.7. The summed E-state index contributed by atoms with van der Waals surface area (Å²) in [6.45, 7) is 31.7. The van der Waals surface area contributed by atoms with Crippen molar-refractivity contribution in [2.45, 2.75) is 264 Å². The average molecular weight is 1810 g/mol. The Hall–Kier alpha value is -5.34. The van der Waals surface area contributed by atoms with Crippen LogP contribution in [0.15, 0.2) is 80.9 Å². The molecule has 0 aliphatic heterocycles. The maximum absolute atomic E-state index is 5.09. The van der Waals surface area contributed by atoms with Gasteiger partial charge in [-0.25, -0.2) is 49.8 Å². The van der Waals surface area contributed by atoms with Gasteiger partial charge in [0.2, 0.25) is 0 Å². The van der Waals surface area contributed by atoms with Crippen LogP contribution in [0.3, 0.4) is 0 Å².